The zero-order valence-corrected chi connectivity index (χ0v) is 11.6. The van der Waals surface area contributed by atoms with Crippen LogP contribution in [0.15, 0.2) is 18.5 Å². The van der Waals surface area contributed by atoms with Crippen LogP contribution in [0.2, 0.25) is 0 Å². The first-order valence-corrected chi connectivity index (χ1v) is 7.22. The van der Waals surface area contributed by atoms with Gasteiger partial charge in [0.05, 0.1) is 6.54 Å². The molecule has 0 radical (unpaired) electrons. The van der Waals surface area contributed by atoms with E-state index in [0.29, 0.717) is 6.54 Å². The van der Waals surface area contributed by atoms with Gasteiger partial charge in [0.15, 0.2) is 11.5 Å². The van der Waals surface area contributed by atoms with Crippen LogP contribution in [0.4, 0.5) is 5.82 Å². The van der Waals surface area contributed by atoms with Crippen molar-refractivity contribution in [3.05, 3.63) is 30.1 Å². The largest absolute Gasteiger partial charge is 0.361 e. The summed E-state index contributed by atoms with van der Waals surface area (Å²) in [6, 6.07) is 3.77. The second-order valence-electron chi connectivity index (χ2n) is 5.20. The van der Waals surface area contributed by atoms with Crippen molar-refractivity contribution in [2.75, 3.05) is 5.32 Å². The van der Waals surface area contributed by atoms with Crippen molar-refractivity contribution in [1.29, 1.82) is 0 Å². The lowest BCUT2D eigenvalue weighted by molar-refractivity contribution is 0.609. The van der Waals surface area contributed by atoms with Crippen LogP contribution in [0.5, 0.6) is 0 Å². The monoisotopic (exact) mass is 284 g/mol. The average Bonchev–Trinajstić information content (AvgIpc) is 3.05. The number of hydrogen-bond donors (Lipinski definition) is 1. The Morgan fingerprint density at radius 2 is 2.10 bits per heavy atom. The fourth-order valence-electron chi connectivity index (χ4n) is 2.67. The Hall–Kier alpha value is -2.51. The lowest BCUT2D eigenvalue weighted by Crippen LogP contribution is -2.11. The van der Waals surface area contributed by atoms with E-state index in [4.69, 9.17) is 0 Å². The van der Waals surface area contributed by atoms with Gasteiger partial charge in [-0.05, 0) is 25.0 Å². The molecule has 1 N–H and O–H groups in total. The van der Waals surface area contributed by atoms with Crippen LogP contribution in [0.3, 0.4) is 0 Å². The lowest BCUT2D eigenvalue weighted by atomic mass is 10.2. The average molecular weight is 284 g/mol. The predicted octanol–water partition coefficient (Wildman–Crippen LogP) is 1.05. The molecule has 0 amide bonds. The van der Waals surface area contributed by atoms with Crippen LogP contribution >= 0.6 is 0 Å². The highest BCUT2D eigenvalue weighted by Crippen LogP contribution is 2.15. The van der Waals surface area contributed by atoms with E-state index in [1.807, 2.05) is 12.1 Å². The molecule has 3 aromatic rings. The molecule has 8 heteroatoms. The first-order valence-electron chi connectivity index (χ1n) is 7.22. The van der Waals surface area contributed by atoms with Crippen molar-refractivity contribution in [3.8, 4) is 0 Å². The van der Waals surface area contributed by atoms with Gasteiger partial charge in [-0.25, -0.2) is 0 Å². The van der Waals surface area contributed by atoms with Crippen LogP contribution in [0, 0.1) is 0 Å². The van der Waals surface area contributed by atoms with E-state index < -0.39 is 0 Å². The SMILES string of the molecule is c1cc2nncn2nc1NCc1nnc2n1CCCCC2. The van der Waals surface area contributed by atoms with Gasteiger partial charge in [-0.15, -0.1) is 25.5 Å². The van der Waals surface area contributed by atoms with Gasteiger partial charge in [0.25, 0.3) is 0 Å². The molecule has 4 heterocycles. The molecular formula is C13H16N8. The zero-order chi connectivity index (χ0) is 14.1. The number of anilines is 1. The molecule has 1 aliphatic heterocycles. The molecule has 0 atom stereocenters. The molecule has 8 nitrogen and oxygen atoms in total. The summed E-state index contributed by atoms with van der Waals surface area (Å²) in [7, 11) is 0. The topological polar surface area (TPSA) is 85.8 Å². The third-order valence-corrected chi connectivity index (χ3v) is 3.78. The molecule has 4 rings (SSSR count). The van der Waals surface area contributed by atoms with E-state index in [1.54, 1.807) is 10.8 Å². The third kappa shape index (κ3) is 2.32. The summed E-state index contributed by atoms with van der Waals surface area (Å²) in [4.78, 5) is 0. The van der Waals surface area contributed by atoms with Crippen molar-refractivity contribution < 1.29 is 0 Å². The van der Waals surface area contributed by atoms with Crippen molar-refractivity contribution in [2.45, 2.75) is 38.8 Å². The van der Waals surface area contributed by atoms with E-state index in [1.165, 1.54) is 19.3 Å². The molecule has 1 aliphatic rings. The Bertz CT molecular complexity index is 758. The molecule has 0 aromatic carbocycles. The van der Waals surface area contributed by atoms with Gasteiger partial charge in [0.2, 0.25) is 0 Å². The summed E-state index contributed by atoms with van der Waals surface area (Å²) >= 11 is 0. The van der Waals surface area contributed by atoms with Crippen molar-refractivity contribution >= 4 is 11.5 Å². The zero-order valence-electron chi connectivity index (χ0n) is 11.6. The first kappa shape index (κ1) is 12.2. The van der Waals surface area contributed by atoms with Gasteiger partial charge in [0.1, 0.15) is 18.0 Å². The number of hydrogen-bond acceptors (Lipinski definition) is 6. The number of rotatable bonds is 3. The summed E-state index contributed by atoms with van der Waals surface area (Å²) in [6.45, 7) is 1.63. The number of nitrogens with one attached hydrogen (secondary N) is 1. The maximum absolute atomic E-state index is 4.39. The molecule has 0 unspecified atom stereocenters. The summed E-state index contributed by atoms with van der Waals surface area (Å²) < 4.78 is 3.88. The van der Waals surface area contributed by atoms with E-state index in [-0.39, 0.29) is 0 Å². The minimum atomic E-state index is 0.619. The fourth-order valence-corrected chi connectivity index (χ4v) is 2.67. The highest BCUT2D eigenvalue weighted by atomic mass is 15.4. The maximum atomic E-state index is 4.39. The molecule has 21 heavy (non-hydrogen) atoms. The molecule has 108 valence electrons. The Balaban J connectivity index is 1.52. The van der Waals surface area contributed by atoms with Gasteiger partial charge in [-0.2, -0.15) is 4.52 Å². The molecule has 0 spiro atoms. The standard InChI is InChI=1S/C13H16N8/c1-2-4-11-17-18-13(20(11)7-3-1)8-14-10-5-6-12-16-15-9-21(12)19-10/h5-6,9H,1-4,7-8H2,(H,14,19). The fraction of sp³-hybridized carbons (Fsp3) is 0.462. The summed E-state index contributed by atoms with van der Waals surface area (Å²) in [6.07, 6.45) is 6.28. The molecule has 0 fully saturated rings. The van der Waals surface area contributed by atoms with E-state index in [9.17, 15) is 0 Å². The molecule has 0 saturated carbocycles. The van der Waals surface area contributed by atoms with Crippen LogP contribution in [-0.2, 0) is 19.5 Å². The second-order valence-corrected chi connectivity index (χ2v) is 5.20. The molecule has 0 aliphatic carbocycles. The van der Waals surface area contributed by atoms with E-state index in [0.717, 1.165) is 36.1 Å². The highest BCUT2D eigenvalue weighted by Gasteiger charge is 2.14. The summed E-state index contributed by atoms with van der Waals surface area (Å²) in [5, 5.41) is 24.0. The maximum Gasteiger partial charge on any atom is 0.177 e. The van der Waals surface area contributed by atoms with Crippen LogP contribution < -0.4 is 5.32 Å². The smallest absolute Gasteiger partial charge is 0.177 e. The van der Waals surface area contributed by atoms with Crippen molar-refractivity contribution in [3.63, 3.8) is 0 Å². The third-order valence-electron chi connectivity index (χ3n) is 3.78. The number of nitrogens with zero attached hydrogens (tertiary/aromatic N) is 7. The van der Waals surface area contributed by atoms with Crippen LogP contribution in [0.25, 0.3) is 5.65 Å². The Labute approximate surface area is 121 Å². The second kappa shape index (κ2) is 5.12. The van der Waals surface area contributed by atoms with Crippen LogP contribution in [-0.4, -0.2) is 34.6 Å². The summed E-state index contributed by atoms with van der Waals surface area (Å²) in [5.74, 6) is 2.84. The van der Waals surface area contributed by atoms with Gasteiger partial charge in [-0.3, -0.25) is 0 Å². The number of aromatic nitrogens is 7. The van der Waals surface area contributed by atoms with E-state index >= 15 is 0 Å². The van der Waals surface area contributed by atoms with Gasteiger partial charge in [-0.1, -0.05) is 6.42 Å². The Kier molecular flexibility index (Phi) is 2.98. The normalized spacial score (nSPS) is 14.9. The number of aryl methyl sites for hydroxylation is 1. The van der Waals surface area contributed by atoms with E-state index in [2.05, 4.69) is 35.4 Å². The quantitative estimate of drug-likeness (QED) is 0.774. The van der Waals surface area contributed by atoms with Crippen LogP contribution in [0.1, 0.15) is 30.9 Å². The Morgan fingerprint density at radius 3 is 3.10 bits per heavy atom. The van der Waals surface area contributed by atoms with Gasteiger partial charge < -0.3 is 9.88 Å². The molecule has 0 bridgehead atoms. The minimum Gasteiger partial charge on any atom is -0.361 e. The summed E-state index contributed by atoms with van der Waals surface area (Å²) in [5.41, 5.74) is 0.733. The molecule has 0 saturated heterocycles. The van der Waals surface area contributed by atoms with Gasteiger partial charge >= 0.3 is 0 Å². The van der Waals surface area contributed by atoms with Crippen molar-refractivity contribution in [2.24, 2.45) is 0 Å². The lowest BCUT2D eigenvalue weighted by Gasteiger charge is -2.08. The Morgan fingerprint density at radius 1 is 1.10 bits per heavy atom. The first-order chi connectivity index (χ1) is 10.4. The predicted molar refractivity (Wildman–Crippen MR) is 75.7 cm³/mol. The van der Waals surface area contributed by atoms with Crippen molar-refractivity contribution in [1.82, 2.24) is 34.6 Å². The number of fused-ring (bicyclic) bond motifs is 2. The minimum absolute atomic E-state index is 0.619. The molecular weight excluding hydrogens is 268 g/mol. The van der Waals surface area contributed by atoms with Gasteiger partial charge in [0, 0.05) is 13.0 Å². The molecule has 3 aromatic heterocycles. The highest BCUT2D eigenvalue weighted by molar-refractivity contribution is 5.42.